The number of rotatable bonds is 4. The summed E-state index contributed by atoms with van der Waals surface area (Å²) in [6.07, 6.45) is 0.896. The van der Waals surface area contributed by atoms with Gasteiger partial charge in [0.1, 0.15) is 0 Å². The van der Waals surface area contributed by atoms with Crippen molar-refractivity contribution >= 4 is 23.4 Å². The van der Waals surface area contributed by atoms with E-state index in [1.54, 1.807) is 4.68 Å². The van der Waals surface area contributed by atoms with E-state index in [2.05, 4.69) is 28.5 Å². The maximum Gasteiger partial charge on any atom is 0.237 e. The lowest BCUT2D eigenvalue weighted by atomic mass is 10.1. The lowest BCUT2D eigenvalue weighted by molar-refractivity contribution is -0.116. The third kappa shape index (κ3) is 3.23. The van der Waals surface area contributed by atoms with Gasteiger partial charge in [0, 0.05) is 11.7 Å². The zero-order valence-corrected chi connectivity index (χ0v) is 16.4. The molecule has 0 spiro atoms. The van der Waals surface area contributed by atoms with Gasteiger partial charge in [0.15, 0.2) is 0 Å². The second-order valence-corrected chi connectivity index (χ2v) is 7.79. The summed E-state index contributed by atoms with van der Waals surface area (Å²) in [5.74, 6) is 0.373. The predicted octanol–water partition coefficient (Wildman–Crippen LogP) is 3.35. The van der Waals surface area contributed by atoms with Gasteiger partial charge in [-0.05, 0) is 60.4 Å². The monoisotopic (exact) mass is 379 g/mol. The van der Waals surface area contributed by atoms with Crippen molar-refractivity contribution in [2.75, 3.05) is 10.7 Å². The number of carbonyl (C=O) groups excluding carboxylic acids is 1. The van der Waals surface area contributed by atoms with E-state index in [1.165, 1.54) is 17.3 Å². The number of hydrogen-bond acceptors (Lipinski definition) is 5. The van der Waals surface area contributed by atoms with Gasteiger partial charge in [-0.15, -0.1) is 5.10 Å². The third-order valence-corrected chi connectivity index (χ3v) is 5.80. The molecule has 0 bridgehead atoms. The van der Waals surface area contributed by atoms with E-state index in [0.29, 0.717) is 10.9 Å². The van der Waals surface area contributed by atoms with Crippen LogP contribution < -0.4 is 4.90 Å². The Hall–Kier alpha value is -2.67. The second kappa shape index (κ2) is 7.15. The summed E-state index contributed by atoms with van der Waals surface area (Å²) < 4.78 is 1.73. The minimum atomic E-state index is 0.0773. The first-order chi connectivity index (χ1) is 13.1. The molecule has 1 aliphatic heterocycles. The van der Waals surface area contributed by atoms with E-state index in [4.69, 9.17) is 0 Å². The van der Waals surface area contributed by atoms with Gasteiger partial charge in [0.2, 0.25) is 11.1 Å². The Morgan fingerprint density at radius 2 is 1.89 bits per heavy atom. The van der Waals surface area contributed by atoms with Crippen molar-refractivity contribution in [1.29, 1.82) is 0 Å². The molecule has 0 saturated heterocycles. The number of carbonyl (C=O) groups is 1. The molecule has 1 atom stereocenters. The maximum absolute atomic E-state index is 12.9. The lowest BCUT2D eigenvalue weighted by Gasteiger charge is -2.22. The van der Waals surface area contributed by atoms with Gasteiger partial charge >= 0.3 is 0 Å². The minimum Gasteiger partial charge on any atom is -0.308 e. The average molecular weight is 379 g/mol. The summed E-state index contributed by atoms with van der Waals surface area (Å²) in [4.78, 5) is 14.8. The molecular formula is C20H21N5OS. The van der Waals surface area contributed by atoms with Crippen molar-refractivity contribution in [3.05, 3.63) is 59.2 Å². The van der Waals surface area contributed by atoms with Crippen LogP contribution in [0.25, 0.3) is 5.69 Å². The highest BCUT2D eigenvalue weighted by atomic mass is 32.2. The van der Waals surface area contributed by atoms with Crippen molar-refractivity contribution in [2.45, 2.75) is 38.4 Å². The molecule has 1 amide bonds. The first-order valence-electron chi connectivity index (χ1n) is 8.94. The summed E-state index contributed by atoms with van der Waals surface area (Å²) in [5.41, 5.74) is 5.40. The van der Waals surface area contributed by atoms with Crippen LogP contribution in [0.4, 0.5) is 5.69 Å². The Bertz CT molecular complexity index is 979. The molecule has 7 heteroatoms. The van der Waals surface area contributed by atoms with Crippen molar-refractivity contribution in [3.63, 3.8) is 0 Å². The largest absolute Gasteiger partial charge is 0.308 e. The van der Waals surface area contributed by atoms with Gasteiger partial charge in [0.25, 0.3) is 0 Å². The van der Waals surface area contributed by atoms with Crippen LogP contribution in [0.5, 0.6) is 0 Å². The molecule has 6 nitrogen and oxygen atoms in total. The third-order valence-electron chi connectivity index (χ3n) is 4.89. The van der Waals surface area contributed by atoms with Gasteiger partial charge in [-0.2, -0.15) is 4.68 Å². The summed E-state index contributed by atoms with van der Waals surface area (Å²) in [6, 6.07) is 14.4. The molecule has 1 aliphatic rings. The van der Waals surface area contributed by atoms with Crippen LogP contribution in [-0.2, 0) is 11.2 Å². The van der Waals surface area contributed by atoms with Gasteiger partial charge in [-0.25, -0.2) is 0 Å². The summed E-state index contributed by atoms with van der Waals surface area (Å²) >= 11 is 1.37. The number of thioether (sulfide) groups is 1. The highest BCUT2D eigenvalue weighted by Gasteiger charge is 2.30. The van der Waals surface area contributed by atoms with Crippen LogP contribution in [0, 0.1) is 13.8 Å². The fourth-order valence-corrected chi connectivity index (χ4v) is 4.43. The van der Waals surface area contributed by atoms with E-state index < -0.39 is 0 Å². The number of amides is 1. The van der Waals surface area contributed by atoms with Crippen LogP contribution in [-0.4, -0.2) is 37.9 Å². The van der Waals surface area contributed by atoms with Crippen LogP contribution in [0.2, 0.25) is 0 Å². The van der Waals surface area contributed by atoms with E-state index >= 15 is 0 Å². The minimum absolute atomic E-state index is 0.0773. The molecule has 138 valence electrons. The zero-order chi connectivity index (χ0) is 19.0. The van der Waals surface area contributed by atoms with Crippen molar-refractivity contribution in [1.82, 2.24) is 20.2 Å². The highest BCUT2D eigenvalue weighted by Crippen LogP contribution is 2.33. The maximum atomic E-state index is 12.9. The smallest absolute Gasteiger partial charge is 0.237 e. The summed E-state index contributed by atoms with van der Waals surface area (Å²) in [7, 11) is 0. The van der Waals surface area contributed by atoms with Crippen LogP contribution >= 0.6 is 11.8 Å². The fourth-order valence-electron chi connectivity index (χ4n) is 3.69. The lowest BCUT2D eigenvalue weighted by Crippen LogP contribution is -2.37. The number of tetrazole rings is 1. The van der Waals surface area contributed by atoms with Crippen LogP contribution in [0.1, 0.15) is 23.6 Å². The molecule has 0 unspecified atom stereocenters. The molecule has 1 aromatic heterocycles. The van der Waals surface area contributed by atoms with E-state index in [9.17, 15) is 4.79 Å². The van der Waals surface area contributed by atoms with Crippen LogP contribution in [0.3, 0.4) is 0 Å². The standard InChI is InChI=1S/C20H21N5OS/c1-13-7-6-8-14(2)19(13)25-20(21-22-23-25)27-12-18(26)24-15(3)11-16-9-4-5-10-17(16)24/h4-10,15H,11-12H2,1-3H3/t15-/m0/s1. The van der Waals surface area contributed by atoms with Gasteiger partial charge in [-0.1, -0.05) is 48.2 Å². The van der Waals surface area contributed by atoms with E-state index in [-0.39, 0.29) is 11.9 Å². The Balaban J connectivity index is 1.54. The van der Waals surface area contributed by atoms with Gasteiger partial charge in [0.05, 0.1) is 11.4 Å². The first kappa shape index (κ1) is 17.7. The average Bonchev–Trinajstić information content (AvgIpc) is 3.23. The molecule has 4 rings (SSSR count). The number of anilines is 1. The summed E-state index contributed by atoms with van der Waals surface area (Å²) in [5, 5.41) is 12.7. The molecule has 0 aliphatic carbocycles. The van der Waals surface area contributed by atoms with E-state index in [0.717, 1.165) is 28.9 Å². The molecular weight excluding hydrogens is 358 g/mol. The molecule has 0 radical (unpaired) electrons. The topological polar surface area (TPSA) is 63.9 Å². The van der Waals surface area contributed by atoms with Gasteiger partial charge in [-0.3, -0.25) is 4.79 Å². The zero-order valence-electron chi connectivity index (χ0n) is 15.6. The first-order valence-corrected chi connectivity index (χ1v) is 9.92. The van der Waals surface area contributed by atoms with Gasteiger partial charge < -0.3 is 4.90 Å². The molecule has 0 saturated carbocycles. The number of benzene rings is 2. The number of fused-ring (bicyclic) bond motifs is 1. The number of hydrogen-bond donors (Lipinski definition) is 0. The molecule has 2 aromatic carbocycles. The van der Waals surface area contributed by atoms with Crippen molar-refractivity contribution < 1.29 is 4.79 Å². The molecule has 0 N–H and O–H groups in total. The van der Waals surface area contributed by atoms with E-state index in [1.807, 2.05) is 55.1 Å². The number of aryl methyl sites for hydroxylation is 2. The Morgan fingerprint density at radius 3 is 2.67 bits per heavy atom. The number of para-hydroxylation sites is 2. The number of nitrogens with zero attached hydrogens (tertiary/aromatic N) is 5. The molecule has 3 aromatic rings. The number of aromatic nitrogens is 4. The molecule has 0 fully saturated rings. The Morgan fingerprint density at radius 1 is 1.15 bits per heavy atom. The molecule has 2 heterocycles. The normalized spacial score (nSPS) is 15.8. The second-order valence-electron chi connectivity index (χ2n) is 6.85. The predicted molar refractivity (Wildman–Crippen MR) is 106 cm³/mol. The molecule has 27 heavy (non-hydrogen) atoms. The van der Waals surface area contributed by atoms with Crippen molar-refractivity contribution in [3.8, 4) is 5.69 Å². The summed E-state index contributed by atoms with van der Waals surface area (Å²) in [6.45, 7) is 6.15. The Labute approximate surface area is 162 Å². The quantitative estimate of drug-likeness (QED) is 0.651. The highest BCUT2D eigenvalue weighted by molar-refractivity contribution is 7.99. The fraction of sp³-hybridized carbons (Fsp3) is 0.300. The van der Waals surface area contributed by atoms with Crippen molar-refractivity contribution in [2.24, 2.45) is 0 Å². The Kier molecular flexibility index (Phi) is 4.70. The SMILES string of the molecule is Cc1cccc(C)c1-n1nnnc1SCC(=O)N1c2ccccc2C[C@@H]1C. The van der Waals surface area contributed by atoms with Crippen LogP contribution in [0.15, 0.2) is 47.6 Å².